The van der Waals surface area contributed by atoms with Crippen molar-refractivity contribution in [3.63, 3.8) is 0 Å². The molecule has 1 aromatic heterocycles. The molecular weight excluding hydrogens is 236 g/mol. The molecule has 2 N–H and O–H groups in total. The van der Waals surface area contributed by atoms with Gasteiger partial charge in [0.15, 0.2) is 5.69 Å². The second-order valence-corrected chi connectivity index (χ2v) is 4.29. The van der Waals surface area contributed by atoms with Crippen molar-refractivity contribution in [2.45, 2.75) is 12.8 Å². The number of pyridine rings is 1. The second kappa shape index (κ2) is 5.03. The summed E-state index contributed by atoms with van der Waals surface area (Å²) in [6, 6.07) is 4.83. The Kier molecular flexibility index (Phi) is 3.45. The molecule has 96 valence electrons. The third-order valence-corrected chi connectivity index (χ3v) is 3.12. The Labute approximate surface area is 104 Å². The van der Waals surface area contributed by atoms with Crippen molar-refractivity contribution in [1.82, 2.24) is 4.98 Å². The SMILES string of the molecule is O=C(O)c1cccc(N2CCC(C(=O)O)CC2)n1. The summed E-state index contributed by atoms with van der Waals surface area (Å²) in [7, 11) is 0. The van der Waals surface area contributed by atoms with Crippen molar-refractivity contribution in [2.75, 3.05) is 18.0 Å². The van der Waals surface area contributed by atoms with Crippen LogP contribution in [-0.2, 0) is 4.79 Å². The molecule has 0 amide bonds. The van der Waals surface area contributed by atoms with Gasteiger partial charge in [0.2, 0.25) is 0 Å². The maximum Gasteiger partial charge on any atom is 0.354 e. The lowest BCUT2D eigenvalue weighted by Crippen LogP contribution is -2.36. The van der Waals surface area contributed by atoms with Crippen molar-refractivity contribution in [3.8, 4) is 0 Å². The quantitative estimate of drug-likeness (QED) is 0.834. The van der Waals surface area contributed by atoms with Crippen LogP contribution in [0.1, 0.15) is 23.3 Å². The molecule has 18 heavy (non-hydrogen) atoms. The van der Waals surface area contributed by atoms with Crippen LogP contribution in [0.15, 0.2) is 18.2 Å². The summed E-state index contributed by atoms with van der Waals surface area (Å²) in [4.78, 5) is 27.6. The van der Waals surface area contributed by atoms with Crippen molar-refractivity contribution < 1.29 is 19.8 Å². The molecule has 0 atom stereocenters. The summed E-state index contributed by atoms with van der Waals surface area (Å²) < 4.78 is 0. The molecule has 6 heteroatoms. The fourth-order valence-electron chi connectivity index (χ4n) is 2.07. The molecule has 1 aromatic rings. The topological polar surface area (TPSA) is 90.7 Å². The number of carbonyl (C=O) groups is 2. The van der Waals surface area contributed by atoms with Gasteiger partial charge in [0.05, 0.1) is 5.92 Å². The van der Waals surface area contributed by atoms with Gasteiger partial charge in [-0.05, 0) is 25.0 Å². The van der Waals surface area contributed by atoms with Crippen LogP contribution in [0.25, 0.3) is 0 Å². The zero-order valence-corrected chi connectivity index (χ0v) is 9.74. The van der Waals surface area contributed by atoms with Crippen LogP contribution >= 0.6 is 0 Å². The molecule has 0 unspecified atom stereocenters. The first kappa shape index (κ1) is 12.3. The van der Waals surface area contributed by atoms with Gasteiger partial charge in [0.1, 0.15) is 5.82 Å². The molecule has 0 spiro atoms. The van der Waals surface area contributed by atoms with Crippen LogP contribution in [0, 0.1) is 5.92 Å². The lowest BCUT2D eigenvalue weighted by Gasteiger charge is -2.31. The predicted molar refractivity (Wildman–Crippen MR) is 63.8 cm³/mol. The molecule has 0 saturated carbocycles. The Hall–Kier alpha value is -2.11. The minimum Gasteiger partial charge on any atom is -0.481 e. The Morgan fingerprint density at radius 3 is 2.44 bits per heavy atom. The minimum atomic E-state index is -1.06. The van der Waals surface area contributed by atoms with Crippen LogP contribution in [-0.4, -0.2) is 40.2 Å². The number of hydrogen-bond acceptors (Lipinski definition) is 4. The van der Waals surface area contributed by atoms with Crippen molar-refractivity contribution in [3.05, 3.63) is 23.9 Å². The molecule has 0 bridgehead atoms. The monoisotopic (exact) mass is 250 g/mol. The molecule has 0 aromatic carbocycles. The summed E-state index contributed by atoms with van der Waals surface area (Å²) >= 11 is 0. The van der Waals surface area contributed by atoms with Gasteiger partial charge >= 0.3 is 11.9 Å². The molecule has 2 rings (SSSR count). The zero-order chi connectivity index (χ0) is 13.1. The molecule has 0 radical (unpaired) electrons. The highest BCUT2D eigenvalue weighted by molar-refractivity contribution is 5.85. The van der Waals surface area contributed by atoms with E-state index in [2.05, 4.69) is 4.98 Å². The zero-order valence-electron chi connectivity index (χ0n) is 9.74. The van der Waals surface area contributed by atoms with Gasteiger partial charge in [-0.1, -0.05) is 6.07 Å². The van der Waals surface area contributed by atoms with Crippen LogP contribution in [0.4, 0.5) is 5.82 Å². The normalized spacial score (nSPS) is 16.6. The molecule has 1 aliphatic heterocycles. The van der Waals surface area contributed by atoms with E-state index < -0.39 is 11.9 Å². The van der Waals surface area contributed by atoms with Crippen molar-refractivity contribution in [2.24, 2.45) is 5.92 Å². The van der Waals surface area contributed by atoms with E-state index in [0.29, 0.717) is 31.7 Å². The molecule has 0 aliphatic carbocycles. The number of piperidine rings is 1. The Morgan fingerprint density at radius 1 is 1.22 bits per heavy atom. The van der Waals surface area contributed by atoms with E-state index >= 15 is 0 Å². The summed E-state index contributed by atoms with van der Waals surface area (Å²) in [5, 5.41) is 17.8. The van der Waals surface area contributed by atoms with E-state index in [1.165, 1.54) is 6.07 Å². The first-order chi connectivity index (χ1) is 8.58. The van der Waals surface area contributed by atoms with Gasteiger partial charge in [0, 0.05) is 13.1 Å². The largest absolute Gasteiger partial charge is 0.481 e. The number of aromatic carboxylic acids is 1. The number of anilines is 1. The highest BCUT2D eigenvalue weighted by Crippen LogP contribution is 2.22. The van der Waals surface area contributed by atoms with E-state index in [1.807, 2.05) is 4.90 Å². The van der Waals surface area contributed by atoms with Gasteiger partial charge in [-0.25, -0.2) is 9.78 Å². The number of carboxylic acids is 2. The molecule has 1 fully saturated rings. The molecule has 2 heterocycles. The van der Waals surface area contributed by atoms with Crippen molar-refractivity contribution >= 4 is 17.8 Å². The standard InChI is InChI=1S/C12H14N2O4/c15-11(16)8-4-6-14(7-5-8)10-3-1-2-9(13-10)12(17)18/h1-3,8H,4-7H2,(H,15,16)(H,17,18). The summed E-state index contributed by atoms with van der Waals surface area (Å²) in [6.07, 6.45) is 1.13. The van der Waals surface area contributed by atoms with E-state index in [9.17, 15) is 9.59 Å². The molecule has 1 aliphatic rings. The lowest BCUT2D eigenvalue weighted by atomic mass is 9.97. The third-order valence-electron chi connectivity index (χ3n) is 3.12. The third kappa shape index (κ3) is 2.58. The highest BCUT2D eigenvalue weighted by Gasteiger charge is 2.25. The number of hydrogen-bond donors (Lipinski definition) is 2. The van der Waals surface area contributed by atoms with E-state index in [0.717, 1.165) is 0 Å². The second-order valence-electron chi connectivity index (χ2n) is 4.29. The van der Waals surface area contributed by atoms with E-state index in [1.54, 1.807) is 12.1 Å². The number of carboxylic acid groups (broad SMARTS) is 2. The summed E-state index contributed by atoms with van der Waals surface area (Å²) in [5.41, 5.74) is 0.00728. The van der Waals surface area contributed by atoms with Crippen molar-refractivity contribution in [1.29, 1.82) is 0 Å². The fraction of sp³-hybridized carbons (Fsp3) is 0.417. The Balaban J connectivity index is 2.07. The lowest BCUT2D eigenvalue weighted by molar-refractivity contribution is -0.142. The smallest absolute Gasteiger partial charge is 0.354 e. The predicted octanol–water partition coefficient (Wildman–Crippen LogP) is 1.08. The fourth-order valence-corrected chi connectivity index (χ4v) is 2.07. The van der Waals surface area contributed by atoms with Gasteiger partial charge < -0.3 is 15.1 Å². The van der Waals surface area contributed by atoms with Crippen LogP contribution in [0.5, 0.6) is 0 Å². The first-order valence-electron chi connectivity index (χ1n) is 5.76. The van der Waals surface area contributed by atoms with E-state index in [4.69, 9.17) is 10.2 Å². The maximum atomic E-state index is 10.8. The Bertz CT molecular complexity index is 467. The van der Waals surface area contributed by atoms with Crippen LogP contribution in [0.2, 0.25) is 0 Å². The maximum absolute atomic E-state index is 10.8. The average Bonchev–Trinajstić information content (AvgIpc) is 2.39. The number of aromatic nitrogens is 1. The molecule has 6 nitrogen and oxygen atoms in total. The summed E-state index contributed by atoms with van der Waals surface area (Å²) in [6.45, 7) is 1.18. The van der Waals surface area contributed by atoms with Crippen LogP contribution in [0.3, 0.4) is 0 Å². The molecule has 1 saturated heterocycles. The number of rotatable bonds is 3. The Morgan fingerprint density at radius 2 is 1.89 bits per heavy atom. The molecular formula is C12H14N2O4. The highest BCUT2D eigenvalue weighted by atomic mass is 16.4. The number of aliphatic carboxylic acids is 1. The first-order valence-corrected chi connectivity index (χ1v) is 5.76. The van der Waals surface area contributed by atoms with Gasteiger partial charge in [0.25, 0.3) is 0 Å². The number of nitrogens with zero attached hydrogens (tertiary/aromatic N) is 2. The summed E-state index contributed by atoms with van der Waals surface area (Å²) in [5.74, 6) is -1.53. The van der Waals surface area contributed by atoms with Crippen LogP contribution < -0.4 is 4.90 Å². The minimum absolute atomic E-state index is 0.00728. The van der Waals surface area contributed by atoms with Gasteiger partial charge in [-0.3, -0.25) is 4.79 Å². The van der Waals surface area contributed by atoms with Gasteiger partial charge in [-0.2, -0.15) is 0 Å². The van der Waals surface area contributed by atoms with Gasteiger partial charge in [-0.15, -0.1) is 0 Å². The van der Waals surface area contributed by atoms with E-state index in [-0.39, 0.29) is 11.6 Å². The average molecular weight is 250 g/mol.